The van der Waals surface area contributed by atoms with Gasteiger partial charge in [-0.1, -0.05) is 30.1 Å². The second kappa shape index (κ2) is 7.63. The number of nitrogens with zero attached hydrogens (tertiary/aromatic N) is 3. The molecule has 2 aliphatic rings. The van der Waals surface area contributed by atoms with Crippen LogP contribution in [0.3, 0.4) is 0 Å². The van der Waals surface area contributed by atoms with E-state index in [1.54, 1.807) is 12.1 Å². The van der Waals surface area contributed by atoms with Crippen LogP contribution in [-0.2, 0) is 12.8 Å². The molecule has 2 heterocycles. The Morgan fingerprint density at radius 2 is 2.11 bits per heavy atom. The first kappa shape index (κ1) is 20.5. The molecule has 1 amide bonds. The third kappa shape index (κ3) is 3.58. The Bertz CT molecular complexity index is 882. The summed E-state index contributed by atoms with van der Waals surface area (Å²) in [6.45, 7) is 4.14. The molecule has 0 bridgehead atoms. The molecule has 0 saturated carbocycles. The first-order valence-corrected chi connectivity index (χ1v) is 9.73. The average Bonchev–Trinajstić information content (AvgIpc) is 3.30. The van der Waals surface area contributed by atoms with Crippen LogP contribution in [0.2, 0.25) is 10.0 Å². The summed E-state index contributed by atoms with van der Waals surface area (Å²) in [5.74, 6) is 0.00385. The van der Waals surface area contributed by atoms with Gasteiger partial charge >= 0.3 is 0 Å². The minimum Gasteiger partial charge on any atom is -0.337 e. The number of benzene rings is 1. The van der Waals surface area contributed by atoms with E-state index in [0.29, 0.717) is 28.8 Å². The molecule has 4 rings (SSSR count). The summed E-state index contributed by atoms with van der Waals surface area (Å²) >= 11 is 12.4. The SMILES string of the molecule is CC1(CN)CCN(C(=O)c2nn(-c3ccc(Cl)cc3Cl)c3c2CCC3)C1.Cl. The molecule has 8 heteroatoms. The highest BCUT2D eigenvalue weighted by Gasteiger charge is 2.38. The molecule has 0 radical (unpaired) electrons. The van der Waals surface area contributed by atoms with E-state index in [1.807, 2.05) is 15.6 Å². The van der Waals surface area contributed by atoms with Gasteiger partial charge in [0, 0.05) is 29.4 Å². The number of likely N-dealkylation sites (tertiary alicyclic amines) is 1. The number of carbonyl (C=O) groups is 1. The number of fused-ring (bicyclic) bond motifs is 1. The van der Waals surface area contributed by atoms with Crippen molar-refractivity contribution in [1.82, 2.24) is 14.7 Å². The number of halogens is 3. The van der Waals surface area contributed by atoms with Gasteiger partial charge in [-0.25, -0.2) is 4.68 Å². The maximum atomic E-state index is 13.1. The van der Waals surface area contributed by atoms with Gasteiger partial charge in [0.2, 0.25) is 0 Å². The molecule has 1 aliphatic carbocycles. The van der Waals surface area contributed by atoms with Gasteiger partial charge in [-0.05, 0) is 55.8 Å². The number of hydrogen-bond acceptors (Lipinski definition) is 3. The van der Waals surface area contributed by atoms with Gasteiger partial charge < -0.3 is 10.6 Å². The summed E-state index contributed by atoms with van der Waals surface area (Å²) in [5.41, 5.74) is 9.35. The van der Waals surface area contributed by atoms with Gasteiger partial charge in [-0.2, -0.15) is 5.10 Å². The third-order valence-corrected chi connectivity index (χ3v) is 6.15. The molecule has 1 aromatic carbocycles. The standard InChI is InChI=1S/C19H22Cl2N4O.ClH/c1-19(10-22)7-8-24(11-19)18(26)17-13-3-2-4-15(13)25(23-17)16-6-5-12(20)9-14(16)21;/h5-6,9H,2-4,7-8,10-11,22H2,1H3;1H. The highest BCUT2D eigenvalue weighted by Crippen LogP contribution is 2.34. The monoisotopic (exact) mass is 428 g/mol. The van der Waals surface area contributed by atoms with E-state index >= 15 is 0 Å². The van der Waals surface area contributed by atoms with Gasteiger partial charge in [-0.3, -0.25) is 4.79 Å². The fraction of sp³-hybridized carbons (Fsp3) is 0.474. The Labute approximate surface area is 175 Å². The average molecular weight is 430 g/mol. The lowest BCUT2D eigenvalue weighted by Gasteiger charge is -2.22. The van der Waals surface area contributed by atoms with Crippen LogP contribution in [0, 0.1) is 5.41 Å². The molecule has 1 fully saturated rings. The quantitative estimate of drug-likeness (QED) is 0.805. The fourth-order valence-corrected chi connectivity index (χ4v) is 4.46. The van der Waals surface area contributed by atoms with E-state index in [4.69, 9.17) is 28.9 Å². The van der Waals surface area contributed by atoms with Crippen LogP contribution in [0.5, 0.6) is 0 Å². The van der Waals surface area contributed by atoms with Gasteiger partial charge in [-0.15, -0.1) is 12.4 Å². The molecule has 1 unspecified atom stereocenters. The molecule has 27 heavy (non-hydrogen) atoms. The van der Waals surface area contributed by atoms with Crippen molar-refractivity contribution in [1.29, 1.82) is 0 Å². The number of aromatic nitrogens is 2. The Morgan fingerprint density at radius 3 is 2.78 bits per heavy atom. The maximum Gasteiger partial charge on any atom is 0.274 e. The van der Waals surface area contributed by atoms with Crippen LogP contribution in [0.4, 0.5) is 0 Å². The smallest absolute Gasteiger partial charge is 0.274 e. The molecule has 0 spiro atoms. The maximum absolute atomic E-state index is 13.1. The van der Waals surface area contributed by atoms with Crippen molar-refractivity contribution in [3.63, 3.8) is 0 Å². The summed E-state index contributed by atoms with van der Waals surface area (Å²) < 4.78 is 1.83. The van der Waals surface area contributed by atoms with Crippen LogP contribution in [0.25, 0.3) is 5.69 Å². The molecule has 1 saturated heterocycles. The highest BCUT2D eigenvalue weighted by atomic mass is 35.5. The Balaban J connectivity index is 0.00000210. The summed E-state index contributed by atoms with van der Waals surface area (Å²) in [6, 6.07) is 5.35. The number of amides is 1. The van der Waals surface area contributed by atoms with Crippen molar-refractivity contribution in [2.45, 2.75) is 32.6 Å². The molecule has 2 N–H and O–H groups in total. The molecule has 1 aromatic heterocycles. The zero-order valence-electron chi connectivity index (χ0n) is 15.2. The third-order valence-electron chi connectivity index (χ3n) is 5.61. The van der Waals surface area contributed by atoms with Crippen LogP contribution >= 0.6 is 35.6 Å². The lowest BCUT2D eigenvalue weighted by atomic mass is 9.90. The Kier molecular flexibility index (Phi) is 5.78. The van der Waals surface area contributed by atoms with Gasteiger partial charge in [0.1, 0.15) is 0 Å². The minimum absolute atomic E-state index is 0. The topological polar surface area (TPSA) is 64.2 Å². The van der Waals surface area contributed by atoms with E-state index in [0.717, 1.165) is 49.2 Å². The molecule has 146 valence electrons. The number of nitrogens with two attached hydrogens (primary N) is 1. The molecular weight excluding hydrogens is 407 g/mol. The van der Waals surface area contributed by atoms with E-state index < -0.39 is 0 Å². The summed E-state index contributed by atoms with van der Waals surface area (Å²) in [5, 5.41) is 5.79. The van der Waals surface area contributed by atoms with Crippen LogP contribution in [-0.4, -0.2) is 40.2 Å². The lowest BCUT2D eigenvalue weighted by Crippen LogP contribution is -2.35. The van der Waals surface area contributed by atoms with Crippen LogP contribution < -0.4 is 5.73 Å². The zero-order chi connectivity index (χ0) is 18.5. The summed E-state index contributed by atoms with van der Waals surface area (Å²) in [7, 11) is 0. The number of carbonyl (C=O) groups excluding carboxylic acids is 1. The second-order valence-electron chi connectivity index (χ2n) is 7.63. The first-order chi connectivity index (χ1) is 12.4. The van der Waals surface area contributed by atoms with Crippen LogP contribution in [0.1, 0.15) is 41.5 Å². The minimum atomic E-state index is 0. The van der Waals surface area contributed by atoms with Crippen LogP contribution in [0.15, 0.2) is 18.2 Å². The van der Waals surface area contributed by atoms with Crippen molar-refractivity contribution in [3.05, 3.63) is 45.2 Å². The molecule has 2 aromatic rings. The Hall–Kier alpha value is -1.27. The summed E-state index contributed by atoms with van der Waals surface area (Å²) in [4.78, 5) is 15.0. The first-order valence-electron chi connectivity index (χ1n) is 8.97. The highest BCUT2D eigenvalue weighted by molar-refractivity contribution is 6.35. The van der Waals surface area contributed by atoms with Crippen molar-refractivity contribution in [3.8, 4) is 5.69 Å². The molecule has 1 aliphatic heterocycles. The molecule has 1 atom stereocenters. The Morgan fingerprint density at radius 1 is 1.33 bits per heavy atom. The van der Waals surface area contributed by atoms with E-state index in [1.165, 1.54) is 0 Å². The predicted molar refractivity (Wildman–Crippen MR) is 111 cm³/mol. The van der Waals surface area contributed by atoms with E-state index in [2.05, 4.69) is 12.0 Å². The van der Waals surface area contributed by atoms with Crippen molar-refractivity contribution in [2.75, 3.05) is 19.6 Å². The number of rotatable bonds is 3. The number of hydrogen-bond donors (Lipinski definition) is 1. The van der Waals surface area contributed by atoms with Gasteiger partial charge in [0.25, 0.3) is 5.91 Å². The normalized spacial score (nSPS) is 21.3. The predicted octanol–water partition coefficient (Wildman–Crippen LogP) is 3.90. The van der Waals surface area contributed by atoms with Crippen molar-refractivity contribution < 1.29 is 4.79 Å². The lowest BCUT2D eigenvalue weighted by molar-refractivity contribution is 0.0769. The van der Waals surface area contributed by atoms with Crippen molar-refractivity contribution >= 4 is 41.5 Å². The van der Waals surface area contributed by atoms with E-state index in [-0.39, 0.29) is 23.7 Å². The second-order valence-corrected chi connectivity index (χ2v) is 8.47. The van der Waals surface area contributed by atoms with Crippen molar-refractivity contribution in [2.24, 2.45) is 11.1 Å². The largest absolute Gasteiger partial charge is 0.337 e. The van der Waals surface area contributed by atoms with Gasteiger partial charge in [0.15, 0.2) is 5.69 Å². The zero-order valence-corrected chi connectivity index (χ0v) is 17.5. The summed E-state index contributed by atoms with van der Waals surface area (Å²) in [6.07, 6.45) is 3.74. The molecular formula is C19H23Cl3N4O. The molecule has 5 nitrogen and oxygen atoms in total. The van der Waals surface area contributed by atoms with Gasteiger partial charge in [0.05, 0.1) is 10.7 Å². The fourth-order valence-electron chi connectivity index (χ4n) is 3.97. The van der Waals surface area contributed by atoms with E-state index in [9.17, 15) is 4.79 Å².